The summed E-state index contributed by atoms with van der Waals surface area (Å²) < 4.78 is 23.5. The van der Waals surface area contributed by atoms with Gasteiger partial charge < -0.3 is 28.8 Å². The number of hydrogen-bond donors (Lipinski definition) is 1. The van der Waals surface area contributed by atoms with Crippen molar-refractivity contribution >= 4 is 48.2 Å². The first-order valence-corrected chi connectivity index (χ1v) is 19.0. The Morgan fingerprint density at radius 2 is 1.75 bits per heavy atom. The van der Waals surface area contributed by atoms with E-state index in [-0.39, 0.29) is 41.3 Å². The van der Waals surface area contributed by atoms with Gasteiger partial charge in [0.1, 0.15) is 24.5 Å². The first-order chi connectivity index (χ1) is 22.2. The molecule has 1 atom stereocenters. The average Bonchev–Trinajstić information content (AvgIpc) is 3.32. The van der Waals surface area contributed by atoms with Crippen LogP contribution in [0.5, 0.6) is 5.75 Å². The van der Waals surface area contributed by atoms with Crippen LogP contribution in [0, 0.1) is 0 Å². The molecule has 1 aromatic carbocycles. The molecule has 13 heteroatoms. The number of rotatable bonds is 6. The molecule has 256 valence electrons. The highest BCUT2D eigenvalue weighted by molar-refractivity contribution is 6.94. The Kier molecular flexibility index (Phi) is 8.60. The number of cyclic esters (lactones) is 1. The van der Waals surface area contributed by atoms with Crippen molar-refractivity contribution in [2.45, 2.75) is 104 Å². The second-order valence-electron chi connectivity index (χ2n) is 14.9. The van der Waals surface area contributed by atoms with Crippen LogP contribution in [-0.2, 0) is 47.3 Å². The lowest BCUT2D eigenvalue weighted by Gasteiger charge is -2.39. The van der Waals surface area contributed by atoms with Crippen molar-refractivity contribution in [1.29, 1.82) is 0 Å². The van der Waals surface area contributed by atoms with E-state index in [0.29, 0.717) is 22.7 Å². The fourth-order valence-electron chi connectivity index (χ4n) is 6.22. The predicted molar refractivity (Wildman–Crippen MR) is 181 cm³/mol. The highest BCUT2D eigenvalue weighted by Crippen LogP contribution is 2.43. The summed E-state index contributed by atoms with van der Waals surface area (Å²) in [5, 5.41) is 4.20. The molecule has 1 amide bonds. The number of amides is 1. The fraction of sp³-hybridized carbons (Fsp3) is 0.486. The number of fused-ring (bicyclic) bond motifs is 5. The van der Waals surface area contributed by atoms with Crippen molar-refractivity contribution < 1.29 is 38.1 Å². The second kappa shape index (κ2) is 11.9. The van der Waals surface area contributed by atoms with Gasteiger partial charge in [0.15, 0.2) is 0 Å². The summed E-state index contributed by atoms with van der Waals surface area (Å²) >= 11 is 0. The van der Waals surface area contributed by atoms with Crippen molar-refractivity contribution in [3.63, 3.8) is 0 Å². The van der Waals surface area contributed by atoms with Gasteiger partial charge in [0.2, 0.25) is 5.60 Å². The topological polar surface area (TPSA) is 152 Å². The van der Waals surface area contributed by atoms with Crippen molar-refractivity contribution in [2.24, 2.45) is 0 Å². The number of esters is 3. The highest BCUT2D eigenvalue weighted by atomic mass is 28.3. The lowest BCUT2D eigenvalue weighted by molar-refractivity contribution is -0.188. The largest absolute Gasteiger partial charge is 0.457 e. The molecule has 1 N–H and O–H groups in total. The van der Waals surface area contributed by atoms with Crippen molar-refractivity contribution in [3.8, 4) is 17.1 Å². The SMILES string of the molecule is CC[C@@]1(OC(=O)CNC(=O)OC(C)(C)C)C(=O)OCc2c1cc1n(c2=O)Cc2c-1nc1ccc(OC(C)=O)cc1c2[Si](C)(C)C(C)(C)C. The molecule has 0 spiro atoms. The van der Waals surface area contributed by atoms with E-state index in [2.05, 4.69) is 39.2 Å². The van der Waals surface area contributed by atoms with E-state index < -0.39 is 49.8 Å². The molecule has 2 aliphatic heterocycles. The van der Waals surface area contributed by atoms with E-state index in [1.165, 1.54) is 6.92 Å². The van der Waals surface area contributed by atoms with E-state index in [0.717, 1.165) is 16.1 Å². The van der Waals surface area contributed by atoms with Gasteiger partial charge in [-0.15, -0.1) is 0 Å². The summed E-state index contributed by atoms with van der Waals surface area (Å²) in [6.45, 7) is 18.6. The molecule has 48 heavy (non-hydrogen) atoms. The number of pyridine rings is 2. The van der Waals surface area contributed by atoms with Crippen LogP contribution >= 0.6 is 0 Å². The minimum absolute atomic E-state index is 0.0218. The Morgan fingerprint density at radius 3 is 2.35 bits per heavy atom. The van der Waals surface area contributed by atoms with Crippen LogP contribution in [0.1, 0.15) is 78.5 Å². The molecule has 2 aliphatic rings. The molecule has 2 aromatic heterocycles. The minimum atomic E-state index is -2.34. The first kappa shape index (κ1) is 34.8. The van der Waals surface area contributed by atoms with Crippen molar-refractivity contribution in [2.75, 3.05) is 6.54 Å². The normalized spacial score (nSPS) is 17.2. The van der Waals surface area contributed by atoms with Gasteiger partial charge >= 0.3 is 24.0 Å². The Labute approximate surface area is 280 Å². The molecule has 0 saturated heterocycles. The lowest BCUT2D eigenvalue weighted by Crippen LogP contribution is -2.51. The zero-order chi connectivity index (χ0) is 35.6. The number of nitrogens with one attached hydrogen (secondary N) is 1. The molecule has 0 saturated carbocycles. The van der Waals surface area contributed by atoms with Gasteiger partial charge in [-0.25, -0.2) is 14.6 Å². The Morgan fingerprint density at radius 1 is 1.06 bits per heavy atom. The van der Waals surface area contributed by atoms with Gasteiger partial charge in [0, 0.05) is 17.9 Å². The van der Waals surface area contributed by atoms with E-state index in [4.69, 9.17) is 23.9 Å². The summed E-state index contributed by atoms with van der Waals surface area (Å²) in [7, 11) is -2.34. The molecule has 4 heterocycles. The van der Waals surface area contributed by atoms with E-state index in [1.54, 1.807) is 50.5 Å². The molecule has 0 unspecified atom stereocenters. The summed E-state index contributed by atoms with van der Waals surface area (Å²) in [5.74, 6) is -1.73. The Hall–Kier alpha value is -4.52. The zero-order valence-corrected chi connectivity index (χ0v) is 30.2. The Bertz CT molecular complexity index is 1930. The van der Waals surface area contributed by atoms with Crippen LogP contribution in [0.2, 0.25) is 18.1 Å². The summed E-state index contributed by atoms with van der Waals surface area (Å²) in [6, 6.07) is 7.05. The molecule has 0 fully saturated rings. The number of ether oxygens (including phenoxy) is 4. The van der Waals surface area contributed by atoms with Crippen LogP contribution < -0.4 is 20.8 Å². The maximum Gasteiger partial charge on any atom is 0.408 e. The smallest absolute Gasteiger partial charge is 0.408 e. The van der Waals surface area contributed by atoms with Crippen LogP contribution in [0.15, 0.2) is 29.1 Å². The zero-order valence-electron chi connectivity index (χ0n) is 29.2. The molecule has 5 rings (SSSR count). The van der Waals surface area contributed by atoms with Crippen LogP contribution in [-0.4, -0.2) is 53.8 Å². The maximum absolute atomic E-state index is 14.2. The number of carbonyl (C=O) groups excluding carboxylic acids is 4. The summed E-state index contributed by atoms with van der Waals surface area (Å²) in [4.78, 5) is 69.8. The first-order valence-electron chi connectivity index (χ1n) is 16.0. The molecule has 3 aromatic rings. The third-order valence-electron chi connectivity index (χ3n) is 9.45. The molecular formula is C35H43N3O9Si. The molecule has 0 aliphatic carbocycles. The fourth-order valence-corrected chi connectivity index (χ4v) is 8.80. The summed E-state index contributed by atoms with van der Waals surface area (Å²) in [6.07, 6.45) is -0.841. The van der Waals surface area contributed by atoms with Crippen molar-refractivity contribution in [3.05, 3.63) is 51.3 Å². The van der Waals surface area contributed by atoms with Gasteiger partial charge in [-0.2, -0.15) is 0 Å². The highest BCUT2D eigenvalue weighted by Gasteiger charge is 2.51. The minimum Gasteiger partial charge on any atom is -0.457 e. The average molecular weight is 678 g/mol. The van der Waals surface area contributed by atoms with E-state index in [9.17, 15) is 24.0 Å². The number of aromatic nitrogens is 2. The van der Waals surface area contributed by atoms with E-state index in [1.807, 2.05) is 6.07 Å². The standard InChI is InChI=1S/C35H43N3O9Si/c1-11-35(46-27(40)16-36-32(43)47-33(3,4)5)24-15-26-28-22(17-38(26)30(41)23(24)18-44-31(35)42)29(48(9,10)34(6,7)8)21-14-20(45-19(2)39)12-13-25(21)37-28/h12-15H,11,16-18H2,1-10H3,(H,36,43)/t35-/m0/s1. The lowest BCUT2D eigenvalue weighted by atomic mass is 9.85. The maximum atomic E-state index is 14.2. The third-order valence-corrected chi connectivity index (χ3v) is 15.0. The van der Waals surface area contributed by atoms with Gasteiger partial charge in [-0.1, -0.05) is 40.8 Å². The number of nitrogens with zero attached hydrogens (tertiary/aromatic N) is 2. The monoisotopic (exact) mass is 677 g/mol. The quantitative estimate of drug-likeness (QED) is 0.130. The van der Waals surface area contributed by atoms with Gasteiger partial charge in [0.05, 0.1) is 37.1 Å². The predicted octanol–water partition coefficient (Wildman–Crippen LogP) is 4.80. The Balaban J connectivity index is 1.67. The molecule has 0 bridgehead atoms. The number of hydrogen-bond acceptors (Lipinski definition) is 10. The number of benzene rings is 1. The van der Waals surface area contributed by atoms with Crippen molar-refractivity contribution in [1.82, 2.24) is 14.9 Å². The third kappa shape index (κ3) is 5.99. The second-order valence-corrected chi connectivity index (χ2v) is 20.1. The summed E-state index contributed by atoms with van der Waals surface area (Å²) in [5.41, 5.74) is 0.0196. The molecule has 0 radical (unpaired) electrons. The molecule has 12 nitrogen and oxygen atoms in total. The van der Waals surface area contributed by atoms with Gasteiger partial charge in [0.25, 0.3) is 5.56 Å². The van der Waals surface area contributed by atoms with Gasteiger partial charge in [-0.3, -0.25) is 14.4 Å². The number of carbonyl (C=O) groups is 4. The van der Waals surface area contributed by atoms with E-state index >= 15 is 0 Å². The van der Waals surface area contributed by atoms with Crippen LogP contribution in [0.3, 0.4) is 0 Å². The number of alkyl carbamates (subject to hydrolysis) is 1. The van der Waals surface area contributed by atoms with Crippen LogP contribution in [0.25, 0.3) is 22.3 Å². The molecular weight excluding hydrogens is 634 g/mol. The van der Waals surface area contributed by atoms with Gasteiger partial charge in [-0.05, 0) is 67.2 Å². The van der Waals surface area contributed by atoms with Crippen LogP contribution in [0.4, 0.5) is 4.79 Å².